The molecule has 0 aliphatic carbocycles. The van der Waals surface area contributed by atoms with E-state index in [1.165, 1.54) is 17.8 Å². The topological polar surface area (TPSA) is 29.5 Å². The Bertz CT molecular complexity index is 280. The fraction of sp³-hybridized carbons (Fsp3) is 0.143. The Morgan fingerprint density at radius 3 is 3.27 bits per heavy atom. The predicted octanol–water partition coefficient (Wildman–Crippen LogP) is 2.50. The van der Waals surface area contributed by atoms with E-state index < -0.39 is 0 Å². The van der Waals surface area contributed by atoms with Crippen LogP contribution in [0.25, 0.3) is 0 Å². The lowest BCUT2D eigenvalue weighted by atomic mass is 10.2. The van der Waals surface area contributed by atoms with Crippen LogP contribution in [0, 0.1) is 0 Å². The molecule has 2 nitrogen and oxygen atoms in total. The first-order chi connectivity index (χ1) is 5.27. The molecule has 0 fully saturated rings. The molecule has 2 aliphatic heterocycles. The average Bonchev–Trinajstić information content (AvgIpc) is 2.34. The molecular formula is C7H5ClO2S. The van der Waals surface area contributed by atoms with Gasteiger partial charge in [0.1, 0.15) is 5.76 Å². The number of thioether (sulfide) groups is 1. The van der Waals surface area contributed by atoms with E-state index in [1.54, 1.807) is 0 Å². The third kappa shape index (κ3) is 1.14. The molecule has 1 unspecified atom stereocenters. The van der Waals surface area contributed by atoms with Gasteiger partial charge in [0.05, 0.1) is 0 Å². The van der Waals surface area contributed by atoms with E-state index in [0.717, 1.165) is 5.57 Å². The molecule has 0 amide bonds. The quantitative estimate of drug-likeness (QED) is 0.634. The van der Waals surface area contributed by atoms with Gasteiger partial charge in [-0.25, -0.2) is 0 Å². The van der Waals surface area contributed by atoms with Crippen molar-refractivity contribution in [3.8, 4) is 0 Å². The first-order valence-corrected chi connectivity index (χ1v) is 4.38. The molecule has 1 atom stereocenters. The van der Waals surface area contributed by atoms with Crippen molar-refractivity contribution in [3.05, 3.63) is 34.1 Å². The fourth-order valence-corrected chi connectivity index (χ4v) is 2.08. The molecule has 0 bridgehead atoms. The van der Waals surface area contributed by atoms with E-state index in [0.29, 0.717) is 0 Å². The van der Waals surface area contributed by atoms with Crippen LogP contribution >= 0.6 is 23.4 Å². The number of aliphatic hydroxyl groups excluding tert-OH is 1. The number of hydrogen-bond donors (Lipinski definition) is 1. The van der Waals surface area contributed by atoms with E-state index in [-0.39, 0.29) is 16.4 Å². The number of rotatable bonds is 0. The van der Waals surface area contributed by atoms with E-state index in [2.05, 4.69) is 0 Å². The van der Waals surface area contributed by atoms with Gasteiger partial charge in [-0.3, -0.25) is 0 Å². The van der Waals surface area contributed by atoms with Crippen LogP contribution in [0.4, 0.5) is 0 Å². The van der Waals surface area contributed by atoms with Gasteiger partial charge in [0.2, 0.25) is 0 Å². The zero-order chi connectivity index (χ0) is 7.84. The van der Waals surface area contributed by atoms with Crippen molar-refractivity contribution in [3.63, 3.8) is 0 Å². The zero-order valence-electron chi connectivity index (χ0n) is 5.45. The lowest BCUT2D eigenvalue weighted by molar-refractivity contribution is 0.224. The van der Waals surface area contributed by atoms with Crippen LogP contribution in [0.1, 0.15) is 0 Å². The normalized spacial score (nSPS) is 28.1. The highest BCUT2D eigenvalue weighted by Gasteiger charge is 2.26. The SMILES string of the molecule is OC1=C2C=CSC2OC(Cl)=C1. The minimum atomic E-state index is -0.146. The minimum Gasteiger partial charge on any atom is -0.507 e. The molecule has 2 rings (SSSR count). The van der Waals surface area contributed by atoms with Gasteiger partial charge < -0.3 is 9.84 Å². The standard InChI is InChI=1S/C7H5ClO2S/c8-6-3-5(9)4-1-2-11-7(4)10-6/h1-3,7,9H. The van der Waals surface area contributed by atoms with Crippen LogP contribution in [-0.4, -0.2) is 10.5 Å². The van der Waals surface area contributed by atoms with Gasteiger partial charge in [0.25, 0.3) is 0 Å². The molecular weight excluding hydrogens is 184 g/mol. The summed E-state index contributed by atoms with van der Waals surface area (Å²) in [5.41, 5.74) is 0.645. The second-order valence-electron chi connectivity index (χ2n) is 2.18. The van der Waals surface area contributed by atoms with Crippen molar-refractivity contribution < 1.29 is 9.84 Å². The lowest BCUT2D eigenvalue weighted by Crippen LogP contribution is -2.11. The molecule has 0 saturated heterocycles. The zero-order valence-corrected chi connectivity index (χ0v) is 7.02. The first-order valence-electron chi connectivity index (χ1n) is 3.06. The Hall–Kier alpha value is -0.540. The van der Waals surface area contributed by atoms with Crippen molar-refractivity contribution in [2.24, 2.45) is 0 Å². The molecule has 1 N–H and O–H groups in total. The van der Waals surface area contributed by atoms with Crippen LogP contribution in [0.3, 0.4) is 0 Å². The van der Waals surface area contributed by atoms with Crippen LogP contribution in [0.5, 0.6) is 0 Å². The number of fused-ring (bicyclic) bond motifs is 1. The third-order valence-corrected chi connectivity index (χ3v) is 2.56. The van der Waals surface area contributed by atoms with Crippen molar-refractivity contribution in [2.75, 3.05) is 0 Å². The summed E-state index contributed by atoms with van der Waals surface area (Å²) >= 11 is 7.07. The second-order valence-corrected chi connectivity index (χ2v) is 3.52. The Kier molecular flexibility index (Phi) is 1.62. The maximum Gasteiger partial charge on any atom is 0.192 e. The third-order valence-electron chi connectivity index (χ3n) is 1.47. The number of aliphatic hydroxyl groups is 1. The molecule has 0 spiro atoms. The van der Waals surface area contributed by atoms with E-state index in [1.807, 2.05) is 11.5 Å². The number of ether oxygens (including phenoxy) is 1. The van der Waals surface area contributed by atoms with Gasteiger partial charge in [-0.1, -0.05) is 11.8 Å². The maximum atomic E-state index is 9.32. The van der Waals surface area contributed by atoms with Crippen molar-refractivity contribution >= 4 is 23.4 Å². The summed E-state index contributed by atoms with van der Waals surface area (Å²) in [6.07, 6.45) is 3.23. The molecule has 0 saturated carbocycles. The maximum absolute atomic E-state index is 9.32. The second kappa shape index (κ2) is 2.50. The molecule has 2 heterocycles. The number of halogens is 1. The van der Waals surface area contributed by atoms with Crippen LogP contribution in [-0.2, 0) is 4.74 Å². The van der Waals surface area contributed by atoms with Crippen molar-refractivity contribution in [1.29, 1.82) is 0 Å². The minimum absolute atomic E-state index is 0.146. The Labute approximate surface area is 73.2 Å². The Morgan fingerprint density at radius 2 is 2.45 bits per heavy atom. The van der Waals surface area contributed by atoms with Crippen LogP contribution in [0.2, 0.25) is 0 Å². The van der Waals surface area contributed by atoms with Gasteiger partial charge in [0.15, 0.2) is 10.7 Å². The summed E-state index contributed by atoms with van der Waals surface area (Å²) in [4.78, 5) is 0. The van der Waals surface area contributed by atoms with Crippen LogP contribution in [0.15, 0.2) is 34.1 Å². The number of hydrogen-bond acceptors (Lipinski definition) is 3. The van der Waals surface area contributed by atoms with Crippen molar-refractivity contribution in [2.45, 2.75) is 5.44 Å². The molecule has 0 aromatic heterocycles. The Balaban J connectivity index is 2.41. The monoisotopic (exact) mass is 188 g/mol. The van der Waals surface area contributed by atoms with Gasteiger partial charge in [0, 0.05) is 11.6 Å². The predicted molar refractivity (Wildman–Crippen MR) is 45.2 cm³/mol. The smallest absolute Gasteiger partial charge is 0.192 e. The van der Waals surface area contributed by atoms with Crippen LogP contribution < -0.4 is 0 Å². The van der Waals surface area contributed by atoms with Gasteiger partial charge in [-0.15, -0.1) is 0 Å². The highest BCUT2D eigenvalue weighted by atomic mass is 35.5. The lowest BCUT2D eigenvalue weighted by Gasteiger charge is -2.17. The Morgan fingerprint density at radius 1 is 1.64 bits per heavy atom. The molecule has 4 heteroatoms. The highest BCUT2D eigenvalue weighted by molar-refractivity contribution is 8.03. The molecule has 11 heavy (non-hydrogen) atoms. The first kappa shape index (κ1) is 7.13. The molecule has 0 aromatic carbocycles. The summed E-state index contributed by atoms with van der Waals surface area (Å²) in [5.74, 6) is 0.201. The largest absolute Gasteiger partial charge is 0.507 e. The molecule has 0 aromatic rings. The van der Waals surface area contributed by atoms with E-state index in [4.69, 9.17) is 16.3 Å². The summed E-state index contributed by atoms with van der Waals surface area (Å²) in [7, 11) is 0. The van der Waals surface area contributed by atoms with Gasteiger partial charge >= 0.3 is 0 Å². The van der Waals surface area contributed by atoms with Crippen molar-refractivity contribution in [1.82, 2.24) is 0 Å². The average molecular weight is 189 g/mol. The number of allylic oxidation sites excluding steroid dienone is 1. The molecule has 0 radical (unpaired) electrons. The molecule has 58 valence electrons. The van der Waals surface area contributed by atoms with Gasteiger partial charge in [-0.05, 0) is 23.1 Å². The summed E-state index contributed by atoms with van der Waals surface area (Å²) < 4.78 is 5.19. The highest BCUT2D eigenvalue weighted by Crippen LogP contribution is 2.37. The molecule has 2 aliphatic rings. The summed E-state index contributed by atoms with van der Waals surface area (Å²) in [6.45, 7) is 0. The summed E-state index contributed by atoms with van der Waals surface area (Å²) in [5, 5.41) is 11.4. The van der Waals surface area contributed by atoms with Gasteiger partial charge in [-0.2, -0.15) is 0 Å². The fourth-order valence-electron chi connectivity index (χ4n) is 0.960. The van der Waals surface area contributed by atoms with E-state index >= 15 is 0 Å². The van der Waals surface area contributed by atoms with E-state index in [9.17, 15) is 5.11 Å². The summed E-state index contributed by atoms with van der Waals surface area (Å²) in [6, 6.07) is 0.